The fourth-order valence-corrected chi connectivity index (χ4v) is 3.36. The summed E-state index contributed by atoms with van der Waals surface area (Å²) in [4.78, 5) is 12.4. The molecule has 1 saturated heterocycles. The van der Waals surface area contributed by atoms with Gasteiger partial charge in [0.15, 0.2) is 0 Å². The molecule has 1 atom stereocenters. The van der Waals surface area contributed by atoms with Crippen LogP contribution in [0.5, 0.6) is 5.75 Å². The van der Waals surface area contributed by atoms with E-state index < -0.39 is 11.7 Å². The number of ether oxygens (including phenoxy) is 2. The number of halogens is 3. The number of nitrogens with one attached hydrogen (secondary N) is 1. The van der Waals surface area contributed by atoms with E-state index in [0.29, 0.717) is 22.4 Å². The summed E-state index contributed by atoms with van der Waals surface area (Å²) in [5.74, 6) is -0.519. The number of rotatable bonds is 5. The van der Waals surface area contributed by atoms with E-state index in [1.807, 2.05) is 0 Å². The highest BCUT2D eigenvalue weighted by Crippen LogP contribution is 2.29. The van der Waals surface area contributed by atoms with Gasteiger partial charge in [0, 0.05) is 16.6 Å². The smallest absolute Gasteiger partial charge is 0.255 e. The lowest BCUT2D eigenvalue weighted by Crippen LogP contribution is -2.17. The lowest BCUT2D eigenvalue weighted by Gasteiger charge is -2.13. The average Bonchev–Trinajstić information content (AvgIpc) is 3.10. The van der Waals surface area contributed by atoms with Crippen LogP contribution in [-0.2, 0) is 4.74 Å². The summed E-state index contributed by atoms with van der Waals surface area (Å²) in [5.41, 5.74) is 0.295. The Morgan fingerprint density at radius 3 is 2.96 bits per heavy atom. The van der Waals surface area contributed by atoms with Crippen molar-refractivity contribution in [3.8, 4) is 5.75 Å². The first-order valence-electron chi connectivity index (χ1n) is 7.83. The van der Waals surface area contributed by atoms with Crippen molar-refractivity contribution in [2.75, 3.05) is 18.5 Å². The molecule has 0 radical (unpaired) electrons. The van der Waals surface area contributed by atoms with Crippen molar-refractivity contribution in [1.29, 1.82) is 0 Å². The van der Waals surface area contributed by atoms with Crippen molar-refractivity contribution in [2.24, 2.45) is 0 Å². The molecule has 7 heteroatoms. The predicted molar refractivity (Wildman–Crippen MR) is 98.0 cm³/mol. The topological polar surface area (TPSA) is 47.6 Å². The predicted octanol–water partition coefficient (Wildman–Crippen LogP) is 5.05. The number of carbonyl (C=O) groups excluding carboxylic acids is 1. The van der Waals surface area contributed by atoms with Gasteiger partial charge >= 0.3 is 0 Å². The van der Waals surface area contributed by atoms with Crippen LogP contribution in [0.3, 0.4) is 0 Å². The van der Waals surface area contributed by atoms with E-state index in [9.17, 15) is 9.18 Å². The first kappa shape index (κ1) is 18.2. The maximum atomic E-state index is 14.0. The molecule has 132 valence electrons. The van der Waals surface area contributed by atoms with Crippen LogP contribution in [0, 0.1) is 5.82 Å². The van der Waals surface area contributed by atoms with Gasteiger partial charge in [0.1, 0.15) is 18.2 Å². The van der Waals surface area contributed by atoms with Crippen molar-refractivity contribution in [3.05, 3.63) is 57.3 Å². The van der Waals surface area contributed by atoms with E-state index >= 15 is 0 Å². The number of amides is 1. The van der Waals surface area contributed by atoms with Crippen LogP contribution in [0.1, 0.15) is 23.2 Å². The number of carbonyl (C=O) groups is 1. The van der Waals surface area contributed by atoms with E-state index in [1.54, 1.807) is 24.3 Å². The van der Waals surface area contributed by atoms with Gasteiger partial charge in [-0.05, 0) is 43.2 Å². The summed E-state index contributed by atoms with van der Waals surface area (Å²) >= 11 is 9.15. The van der Waals surface area contributed by atoms with Crippen LogP contribution < -0.4 is 10.1 Å². The molecule has 1 unspecified atom stereocenters. The zero-order valence-electron chi connectivity index (χ0n) is 13.2. The molecule has 1 amide bonds. The van der Waals surface area contributed by atoms with Gasteiger partial charge in [-0.2, -0.15) is 0 Å². The minimum absolute atomic E-state index is 0.0551. The highest BCUT2D eigenvalue weighted by Gasteiger charge is 2.17. The third-order valence-electron chi connectivity index (χ3n) is 3.80. The lowest BCUT2D eigenvalue weighted by molar-refractivity contribution is 0.0679. The molecule has 3 rings (SSSR count). The zero-order valence-corrected chi connectivity index (χ0v) is 15.6. The Hall–Kier alpha value is -1.63. The number of hydrogen-bond donors (Lipinski definition) is 1. The van der Waals surface area contributed by atoms with Gasteiger partial charge in [-0.3, -0.25) is 4.79 Å². The highest BCUT2D eigenvalue weighted by molar-refractivity contribution is 9.10. The Labute approximate surface area is 158 Å². The fourth-order valence-electron chi connectivity index (χ4n) is 2.54. The van der Waals surface area contributed by atoms with Gasteiger partial charge in [-0.25, -0.2) is 4.39 Å². The van der Waals surface area contributed by atoms with Crippen molar-refractivity contribution in [3.63, 3.8) is 0 Å². The summed E-state index contributed by atoms with van der Waals surface area (Å²) in [5, 5.41) is 2.62. The molecule has 25 heavy (non-hydrogen) atoms. The standard InChI is InChI=1S/C18H16BrClFNO3/c19-12-8-15(20)17(16(21)9-12)22-18(23)11-3-1-4-13(7-11)25-10-14-5-2-6-24-14/h1,3-4,7-9,14H,2,5-6,10H2,(H,22,23). The third kappa shape index (κ3) is 4.71. The SMILES string of the molecule is O=C(Nc1c(F)cc(Br)cc1Cl)c1cccc(OCC2CCCO2)c1. The Bertz CT molecular complexity index is 758. The number of hydrogen-bond acceptors (Lipinski definition) is 3. The average molecular weight is 429 g/mol. The Morgan fingerprint density at radius 1 is 1.40 bits per heavy atom. The molecule has 4 nitrogen and oxygen atoms in total. The summed E-state index contributed by atoms with van der Waals surface area (Å²) in [7, 11) is 0. The van der Waals surface area contributed by atoms with Gasteiger partial charge in [0.2, 0.25) is 0 Å². The van der Waals surface area contributed by atoms with E-state index in [4.69, 9.17) is 21.1 Å². The summed E-state index contributed by atoms with van der Waals surface area (Å²) in [6.07, 6.45) is 2.10. The second-order valence-corrected chi connectivity index (χ2v) is 7.00. The molecular formula is C18H16BrClFNO3. The summed E-state index contributed by atoms with van der Waals surface area (Å²) in [6, 6.07) is 9.45. The van der Waals surface area contributed by atoms with Crippen molar-refractivity contribution in [2.45, 2.75) is 18.9 Å². The highest BCUT2D eigenvalue weighted by atomic mass is 79.9. The first-order valence-corrected chi connectivity index (χ1v) is 9.00. The molecule has 1 heterocycles. The summed E-state index contributed by atoms with van der Waals surface area (Å²) < 4.78 is 25.7. The maximum Gasteiger partial charge on any atom is 0.255 e. The second-order valence-electron chi connectivity index (χ2n) is 5.67. The molecule has 2 aromatic carbocycles. The molecule has 0 bridgehead atoms. The molecular weight excluding hydrogens is 413 g/mol. The van der Waals surface area contributed by atoms with Crippen molar-refractivity contribution < 1.29 is 18.7 Å². The van der Waals surface area contributed by atoms with E-state index in [0.717, 1.165) is 19.4 Å². The van der Waals surface area contributed by atoms with E-state index in [2.05, 4.69) is 21.2 Å². The quantitative estimate of drug-likeness (QED) is 0.725. The van der Waals surface area contributed by atoms with Gasteiger partial charge in [-0.1, -0.05) is 33.6 Å². The normalized spacial score (nSPS) is 16.7. The fraction of sp³-hybridized carbons (Fsp3) is 0.278. The van der Waals surface area contributed by atoms with Gasteiger partial charge < -0.3 is 14.8 Å². The molecule has 2 aromatic rings. The number of anilines is 1. The van der Waals surface area contributed by atoms with Crippen molar-refractivity contribution >= 4 is 39.1 Å². The minimum atomic E-state index is -0.612. The first-order chi connectivity index (χ1) is 12.0. The third-order valence-corrected chi connectivity index (χ3v) is 4.56. The molecule has 1 aliphatic heterocycles. The van der Waals surface area contributed by atoms with Crippen LogP contribution in [0.2, 0.25) is 5.02 Å². The largest absolute Gasteiger partial charge is 0.491 e. The monoisotopic (exact) mass is 427 g/mol. The second kappa shape index (κ2) is 8.17. The molecule has 1 aliphatic rings. The molecule has 1 N–H and O–H groups in total. The molecule has 0 spiro atoms. The minimum Gasteiger partial charge on any atom is -0.491 e. The summed E-state index contributed by atoms with van der Waals surface area (Å²) in [6.45, 7) is 1.20. The Morgan fingerprint density at radius 2 is 2.24 bits per heavy atom. The number of benzene rings is 2. The van der Waals surface area contributed by atoms with Crippen LogP contribution in [0.4, 0.5) is 10.1 Å². The Balaban J connectivity index is 1.69. The van der Waals surface area contributed by atoms with Gasteiger partial charge in [-0.15, -0.1) is 0 Å². The maximum absolute atomic E-state index is 14.0. The lowest BCUT2D eigenvalue weighted by atomic mass is 10.2. The van der Waals surface area contributed by atoms with Gasteiger partial charge in [0.25, 0.3) is 5.91 Å². The Kier molecular flexibility index (Phi) is 5.93. The van der Waals surface area contributed by atoms with Gasteiger partial charge in [0.05, 0.1) is 16.8 Å². The molecule has 0 aliphatic carbocycles. The van der Waals surface area contributed by atoms with E-state index in [1.165, 1.54) is 12.1 Å². The van der Waals surface area contributed by atoms with Crippen LogP contribution in [0.15, 0.2) is 40.9 Å². The molecule has 0 saturated carbocycles. The van der Waals surface area contributed by atoms with E-state index in [-0.39, 0.29) is 16.8 Å². The zero-order chi connectivity index (χ0) is 17.8. The van der Waals surface area contributed by atoms with Crippen LogP contribution >= 0.6 is 27.5 Å². The molecule has 0 aromatic heterocycles. The molecule has 1 fully saturated rings. The van der Waals surface area contributed by atoms with Crippen LogP contribution in [-0.4, -0.2) is 25.2 Å². The van der Waals surface area contributed by atoms with Crippen molar-refractivity contribution in [1.82, 2.24) is 0 Å². The van der Waals surface area contributed by atoms with Crippen LogP contribution in [0.25, 0.3) is 0 Å².